The van der Waals surface area contributed by atoms with Gasteiger partial charge < -0.3 is 38.9 Å². The maximum Gasteiger partial charge on any atom is 0.329 e. The van der Waals surface area contributed by atoms with Gasteiger partial charge in [-0.2, -0.15) is 0 Å². The van der Waals surface area contributed by atoms with Gasteiger partial charge in [-0.1, -0.05) is 104 Å². The predicted octanol–water partition coefficient (Wildman–Crippen LogP) is 8.07. The van der Waals surface area contributed by atoms with Crippen LogP contribution in [0.15, 0.2) is 53.6 Å². The standard InChI is InChI=1S/C51H73BINO11/c1-9-35(26-31(3)27-39(41(55)10-2)15-13-14-36-17-21-38(22-18-36)48(52)58)20-24-43-45(63-8)29-33(5)51(61,65-43)47(57)49(59)54-25-12-11-16-40(54)50(60)64-46(34(6)53)32(4)28-37-19-23-42(56)44(30-37)62-7/h13-14,17-18,21-22,27-28,33-35,37,39-40,42-46,56,61H,9-12,15-16,19-20,23-26,29-30H2,1-8H3/b14-13+,31-27+,32-28+/t33?,34?,35?,37?,39-,40?,42?,43?,44?,45?,46?,51?/m0/s1. The molecule has 3 aliphatic rings. The highest BCUT2D eigenvalue weighted by Gasteiger charge is 2.55. The molecular weight excluding hydrogens is 940 g/mol. The molecule has 1 aromatic carbocycles. The van der Waals surface area contributed by atoms with Gasteiger partial charge >= 0.3 is 5.97 Å². The van der Waals surface area contributed by atoms with Crippen LogP contribution in [-0.2, 0) is 38.1 Å². The van der Waals surface area contributed by atoms with Crippen LogP contribution < -0.4 is 0 Å². The molecule has 2 heterocycles. The lowest BCUT2D eigenvalue weighted by atomic mass is 9.82. The zero-order valence-corrected chi connectivity index (χ0v) is 42.0. The number of alkyl halides is 1. The Morgan fingerprint density at radius 1 is 1.02 bits per heavy atom. The second kappa shape index (κ2) is 25.9. The molecule has 11 unspecified atom stereocenters. The highest BCUT2D eigenvalue weighted by atomic mass is 127. The number of aliphatic hydroxyl groups is 2. The summed E-state index contributed by atoms with van der Waals surface area (Å²) in [5.74, 6) is -5.63. The molecule has 1 amide bonds. The lowest BCUT2D eigenvalue weighted by Gasteiger charge is -2.45. The first kappa shape index (κ1) is 54.6. The van der Waals surface area contributed by atoms with Crippen LogP contribution in [0.1, 0.15) is 141 Å². The van der Waals surface area contributed by atoms with E-state index in [0.717, 1.165) is 36.0 Å². The molecule has 12 nitrogen and oxygen atoms in total. The lowest BCUT2D eigenvalue weighted by Crippen LogP contribution is -2.62. The molecule has 0 aromatic heterocycles. The molecular formula is C51H73BINO11. The van der Waals surface area contributed by atoms with E-state index in [9.17, 15) is 34.2 Å². The number of Topliss-reactive ketones (excluding diaryl/α,β-unsaturated/α-hetero) is 2. The summed E-state index contributed by atoms with van der Waals surface area (Å²) in [5, 5.41) is 22.3. The topological polar surface area (TPSA) is 166 Å². The Labute approximate surface area is 402 Å². The first-order valence-corrected chi connectivity index (χ1v) is 24.9. The Morgan fingerprint density at radius 3 is 2.32 bits per heavy atom. The van der Waals surface area contributed by atoms with E-state index in [1.165, 1.54) is 4.90 Å². The molecule has 4 rings (SSSR count). The maximum atomic E-state index is 14.2. The van der Waals surface area contributed by atoms with Gasteiger partial charge in [-0.3, -0.25) is 14.4 Å². The van der Waals surface area contributed by atoms with Crippen molar-refractivity contribution >= 4 is 65.6 Å². The van der Waals surface area contributed by atoms with Crippen molar-refractivity contribution in [3.8, 4) is 0 Å². The molecule has 2 aliphatic heterocycles. The number of likely N-dealkylation sites (tertiary alicyclic amines) is 1. The van der Waals surface area contributed by atoms with E-state index in [-0.39, 0.29) is 46.5 Å². The Bertz CT molecular complexity index is 1870. The van der Waals surface area contributed by atoms with Crippen molar-refractivity contribution in [1.29, 1.82) is 0 Å². The summed E-state index contributed by atoms with van der Waals surface area (Å²) >= 11 is 2.23. The van der Waals surface area contributed by atoms with Crippen molar-refractivity contribution in [2.75, 3.05) is 20.8 Å². The summed E-state index contributed by atoms with van der Waals surface area (Å²) in [6.07, 6.45) is 13.2. The number of esters is 1. The number of hydrogen-bond acceptors (Lipinski definition) is 11. The largest absolute Gasteiger partial charge is 0.455 e. The number of piperidine rings is 1. The number of methoxy groups -OCH3 is 2. The minimum Gasteiger partial charge on any atom is -0.455 e. The van der Waals surface area contributed by atoms with Crippen molar-refractivity contribution in [1.82, 2.24) is 4.90 Å². The molecule has 65 heavy (non-hydrogen) atoms. The normalized spacial score (nSPS) is 28.6. The summed E-state index contributed by atoms with van der Waals surface area (Å²) in [4.78, 5) is 68.1. The second-order valence-electron chi connectivity index (χ2n) is 18.6. The minimum atomic E-state index is -2.42. The Hall–Kier alpha value is -3.02. The Kier molecular flexibility index (Phi) is 21.8. The zero-order valence-electron chi connectivity index (χ0n) is 39.8. The van der Waals surface area contributed by atoms with Gasteiger partial charge in [0.1, 0.15) is 23.6 Å². The maximum absolute atomic E-state index is 14.2. The zero-order chi connectivity index (χ0) is 48.0. The van der Waals surface area contributed by atoms with Crippen molar-refractivity contribution in [3.63, 3.8) is 0 Å². The van der Waals surface area contributed by atoms with E-state index in [2.05, 4.69) is 41.7 Å². The van der Waals surface area contributed by atoms with Crippen molar-refractivity contribution in [2.45, 2.75) is 171 Å². The van der Waals surface area contributed by atoms with Crippen LogP contribution in [0.2, 0.25) is 0 Å². The molecule has 1 saturated carbocycles. The molecule has 2 N–H and O–H groups in total. The minimum absolute atomic E-state index is 0.0952. The summed E-state index contributed by atoms with van der Waals surface area (Å²) in [6.45, 7) is 11.7. The SMILES string of the molecule is [B]C(=O)c1ccc(/C=C/C[C@@H](/C=C(\C)CC(CC)CCC2OC(O)(C(=O)C(=O)N3CCCCC3C(=O)OC(/C(C)=C/C3CCC(O)C(OC)C3)C(C)I)C(C)CC2OC)C(=O)CC)cc1. The molecule has 1 aromatic rings. The van der Waals surface area contributed by atoms with E-state index >= 15 is 0 Å². The van der Waals surface area contributed by atoms with E-state index in [1.807, 2.05) is 52.0 Å². The van der Waals surface area contributed by atoms with Crippen LogP contribution in [-0.4, -0.2) is 119 Å². The number of halogens is 1. The van der Waals surface area contributed by atoms with Crippen molar-refractivity contribution in [2.24, 2.45) is 23.7 Å². The van der Waals surface area contributed by atoms with Crippen LogP contribution in [0, 0.1) is 23.7 Å². The smallest absolute Gasteiger partial charge is 0.329 e. The average Bonchev–Trinajstić information content (AvgIpc) is 3.29. The first-order chi connectivity index (χ1) is 30.9. The highest BCUT2D eigenvalue weighted by molar-refractivity contribution is 14.1. The molecule has 14 heteroatoms. The summed E-state index contributed by atoms with van der Waals surface area (Å²) in [7, 11) is 8.54. The number of carbonyl (C=O) groups excluding carboxylic acids is 5. The monoisotopic (exact) mass is 1010 g/mol. The van der Waals surface area contributed by atoms with Crippen LogP contribution in [0.4, 0.5) is 0 Å². The fraction of sp³-hybridized carbons (Fsp3) is 0.667. The Balaban J connectivity index is 1.42. The average molecular weight is 1010 g/mol. The van der Waals surface area contributed by atoms with E-state index < -0.39 is 65.5 Å². The van der Waals surface area contributed by atoms with Crippen molar-refractivity contribution in [3.05, 3.63) is 64.8 Å². The number of carbonyl (C=O) groups is 5. The van der Waals surface area contributed by atoms with Gasteiger partial charge in [0, 0.05) is 48.5 Å². The molecule has 2 radical (unpaired) electrons. The number of rotatable bonds is 22. The molecule has 3 fully saturated rings. The van der Waals surface area contributed by atoms with E-state index in [1.54, 1.807) is 33.3 Å². The number of ether oxygens (including phenoxy) is 4. The van der Waals surface area contributed by atoms with Crippen LogP contribution in [0.5, 0.6) is 0 Å². The third-order valence-electron chi connectivity index (χ3n) is 13.8. The van der Waals surface area contributed by atoms with Gasteiger partial charge in [0.15, 0.2) is 7.85 Å². The van der Waals surface area contributed by atoms with Gasteiger partial charge in [-0.25, -0.2) is 4.79 Å². The van der Waals surface area contributed by atoms with Gasteiger partial charge in [-0.15, -0.1) is 0 Å². The molecule has 0 bridgehead atoms. The van der Waals surface area contributed by atoms with Gasteiger partial charge in [0.05, 0.1) is 24.4 Å². The van der Waals surface area contributed by atoms with Crippen LogP contribution in [0.3, 0.4) is 0 Å². The summed E-state index contributed by atoms with van der Waals surface area (Å²) in [6, 6.07) is 5.99. The third-order valence-corrected chi connectivity index (χ3v) is 14.4. The lowest BCUT2D eigenvalue weighted by molar-refractivity contribution is -0.287. The fourth-order valence-electron chi connectivity index (χ4n) is 9.71. The molecule has 0 spiro atoms. The Morgan fingerprint density at radius 2 is 1.71 bits per heavy atom. The van der Waals surface area contributed by atoms with Gasteiger partial charge in [0.2, 0.25) is 5.79 Å². The molecule has 12 atom stereocenters. The summed E-state index contributed by atoms with van der Waals surface area (Å²) in [5.41, 5.74) is 2.82. The van der Waals surface area contributed by atoms with E-state index in [0.29, 0.717) is 63.4 Å². The second-order valence-corrected chi connectivity index (χ2v) is 20.5. The molecule has 358 valence electrons. The number of ketones is 2. The fourth-order valence-corrected chi connectivity index (χ4v) is 10.4. The first-order valence-electron chi connectivity index (χ1n) is 23.7. The van der Waals surface area contributed by atoms with E-state index in [4.69, 9.17) is 26.8 Å². The molecule has 2 saturated heterocycles. The summed E-state index contributed by atoms with van der Waals surface area (Å²) < 4.78 is 23.7. The number of allylic oxidation sites excluding steroid dienone is 4. The van der Waals surface area contributed by atoms with Gasteiger partial charge in [-0.05, 0) is 114 Å². The predicted molar refractivity (Wildman–Crippen MR) is 260 cm³/mol. The number of amides is 1. The third kappa shape index (κ3) is 15.0. The highest BCUT2D eigenvalue weighted by Crippen LogP contribution is 2.38. The number of hydrogen-bond donors (Lipinski definition) is 2. The quantitative estimate of drug-likeness (QED) is 0.0288. The van der Waals surface area contributed by atoms with Crippen LogP contribution >= 0.6 is 22.6 Å². The number of benzene rings is 1. The van der Waals surface area contributed by atoms with Crippen LogP contribution in [0.25, 0.3) is 6.08 Å². The van der Waals surface area contributed by atoms with Crippen molar-refractivity contribution < 1.29 is 53.1 Å². The number of aliphatic hydroxyl groups excluding tert-OH is 1. The number of nitrogens with zero attached hydrogens (tertiary/aromatic N) is 1. The molecule has 1 aliphatic carbocycles. The van der Waals surface area contributed by atoms with Gasteiger partial charge in [0.25, 0.3) is 11.7 Å².